The molecule has 0 N–H and O–H groups in total. The summed E-state index contributed by atoms with van der Waals surface area (Å²) < 4.78 is 34.5. The Labute approximate surface area is 92.3 Å². The predicted octanol–water partition coefficient (Wildman–Crippen LogP) is 2.35. The van der Waals surface area contributed by atoms with E-state index >= 15 is 0 Å². The molecule has 0 amide bonds. The van der Waals surface area contributed by atoms with Crippen molar-refractivity contribution in [2.75, 3.05) is 0 Å². The number of nitrogens with zero attached hydrogens (tertiary/aromatic N) is 1. The molecule has 0 bridgehead atoms. The molecule has 0 saturated carbocycles. The normalized spacial score (nSPS) is 13.4. The van der Waals surface area contributed by atoms with Gasteiger partial charge in [0.2, 0.25) is 0 Å². The minimum Gasteiger partial charge on any atom is -0.258 e. The van der Waals surface area contributed by atoms with Gasteiger partial charge < -0.3 is 0 Å². The highest BCUT2D eigenvalue weighted by Crippen LogP contribution is 2.29. The molecular formula is C9H10FNO4S. The zero-order valence-corrected chi connectivity index (χ0v) is 9.28. The third-order valence-corrected chi connectivity index (χ3v) is 3.45. The summed E-state index contributed by atoms with van der Waals surface area (Å²) in [5.41, 5.74) is -0.154. The van der Waals surface area contributed by atoms with Crippen LogP contribution in [-0.4, -0.2) is 13.3 Å². The van der Waals surface area contributed by atoms with E-state index < -0.39 is 20.4 Å². The fourth-order valence-electron chi connectivity index (χ4n) is 1.44. The van der Waals surface area contributed by atoms with Crippen LogP contribution in [0.2, 0.25) is 0 Å². The summed E-state index contributed by atoms with van der Waals surface area (Å²) >= 11 is 0. The molecule has 0 heterocycles. The van der Waals surface area contributed by atoms with Gasteiger partial charge in [-0.2, -0.15) is 8.42 Å². The molecule has 0 aromatic heterocycles. The molecule has 1 aromatic rings. The molecule has 7 heteroatoms. The Bertz CT molecular complexity index is 500. The molecule has 0 radical (unpaired) electrons. The third kappa shape index (κ3) is 2.75. The van der Waals surface area contributed by atoms with Crippen molar-refractivity contribution in [1.82, 2.24) is 0 Å². The molecule has 0 aliphatic carbocycles. The van der Waals surface area contributed by atoms with E-state index in [-0.39, 0.29) is 17.7 Å². The topological polar surface area (TPSA) is 77.3 Å². The Morgan fingerprint density at radius 1 is 1.50 bits per heavy atom. The monoisotopic (exact) mass is 247 g/mol. The molecule has 0 aliphatic heterocycles. The number of rotatable bonds is 4. The Morgan fingerprint density at radius 3 is 2.56 bits per heavy atom. The van der Waals surface area contributed by atoms with E-state index in [2.05, 4.69) is 0 Å². The summed E-state index contributed by atoms with van der Waals surface area (Å²) in [6, 6.07) is 4.99. The second-order valence-corrected chi connectivity index (χ2v) is 4.74. The standard InChI is InChI=1S/C9H10FNO4S/c1-2-9(16(10,14)15)7-4-3-5-8(6-7)11(12)13/h3-6,9H,2H2,1H3. The minimum absolute atomic E-state index is 0.0278. The first-order valence-electron chi connectivity index (χ1n) is 4.54. The van der Waals surface area contributed by atoms with Crippen molar-refractivity contribution in [2.24, 2.45) is 0 Å². The Balaban J connectivity index is 3.22. The van der Waals surface area contributed by atoms with Crippen molar-refractivity contribution in [2.45, 2.75) is 18.6 Å². The van der Waals surface area contributed by atoms with Crippen LogP contribution in [0.25, 0.3) is 0 Å². The van der Waals surface area contributed by atoms with Crippen molar-refractivity contribution in [3.8, 4) is 0 Å². The van der Waals surface area contributed by atoms with Crippen LogP contribution >= 0.6 is 0 Å². The highest BCUT2D eigenvalue weighted by Gasteiger charge is 2.26. The Morgan fingerprint density at radius 2 is 2.12 bits per heavy atom. The lowest BCUT2D eigenvalue weighted by atomic mass is 10.1. The molecule has 88 valence electrons. The molecule has 1 atom stereocenters. The van der Waals surface area contributed by atoms with Crippen molar-refractivity contribution >= 4 is 15.9 Å². The lowest BCUT2D eigenvalue weighted by molar-refractivity contribution is -0.384. The largest absolute Gasteiger partial charge is 0.309 e. The fraction of sp³-hybridized carbons (Fsp3) is 0.333. The van der Waals surface area contributed by atoms with E-state index in [1.807, 2.05) is 0 Å². The second kappa shape index (κ2) is 4.56. The summed E-state index contributed by atoms with van der Waals surface area (Å²) in [5.74, 6) is 0. The van der Waals surface area contributed by atoms with Gasteiger partial charge in [-0.05, 0) is 12.0 Å². The Kier molecular flexibility index (Phi) is 3.58. The molecule has 0 fully saturated rings. The van der Waals surface area contributed by atoms with Gasteiger partial charge in [0.15, 0.2) is 0 Å². The first-order valence-corrected chi connectivity index (χ1v) is 5.98. The van der Waals surface area contributed by atoms with E-state index in [1.54, 1.807) is 0 Å². The molecule has 0 saturated heterocycles. The molecule has 0 spiro atoms. The lowest BCUT2D eigenvalue weighted by Gasteiger charge is -2.09. The van der Waals surface area contributed by atoms with Crippen LogP contribution in [0.15, 0.2) is 24.3 Å². The molecule has 0 aliphatic rings. The van der Waals surface area contributed by atoms with Gasteiger partial charge in [0, 0.05) is 12.1 Å². The highest BCUT2D eigenvalue weighted by molar-refractivity contribution is 7.86. The maximum atomic E-state index is 12.9. The van der Waals surface area contributed by atoms with Gasteiger partial charge in [-0.15, -0.1) is 3.89 Å². The van der Waals surface area contributed by atoms with E-state index in [4.69, 9.17) is 0 Å². The van der Waals surface area contributed by atoms with E-state index in [1.165, 1.54) is 25.1 Å². The minimum atomic E-state index is -4.73. The van der Waals surface area contributed by atoms with Crippen LogP contribution < -0.4 is 0 Å². The molecule has 1 rings (SSSR count). The van der Waals surface area contributed by atoms with Crippen LogP contribution in [0.3, 0.4) is 0 Å². The summed E-state index contributed by atoms with van der Waals surface area (Å²) in [6.07, 6.45) is 0.0278. The van der Waals surface area contributed by atoms with Crippen LogP contribution in [-0.2, 0) is 10.2 Å². The van der Waals surface area contributed by atoms with Gasteiger partial charge >= 0.3 is 10.2 Å². The number of hydrogen-bond acceptors (Lipinski definition) is 4. The van der Waals surface area contributed by atoms with Crippen molar-refractivity contribution < 1.29 is 17.2 Å². The lowest BCUT2D eigenvalue weighted by Crippen LogP contribution is -2.07. The van der Waals surface area contributed by atoms with Crippen LogP contribution in [0, 0.1) is 10.1 Å². The van der Waals surface area contributed by atoms with Gasteiger partial charge in [0.05, 0.1) is 4.92 Å². The number of hydrogen-bond donors (Lipinski definition) is 0. The average molecular weight is 247 g/mol. The molecule has 1 unspecified atom stereocenters. The SMILES string of the molecule is CCC(c1cccc([N+](=O)[O-])c1)S(=O)(=O)F. The Hall–Kier alpha value is -1.50. The van der Waals surface area contributed by atoms with Gasteiger partial charge in [-0.25, -0.2) is 0 Å². The maximum Gasteiger partial charge on any atom is 0.309 e. The summed E-state index contributed by atoms with van der Waals surface area (Å²) in [4.78, 5) is 9.82. The number of non-ortho nitro benzene ring substituents is 1. The van der Waals surface area contributed by atoms with Crippen molar-refractivity contribution in [1.29, 1.82) is 0 Å². The number of nitro groups is 1. The summed E-state index contributed by atoms with van der Waals surface area (Å²) in [6.45, 7) is 1.50. The van der Waals surface area contributed by atoms with Gasteiger partial charge in [0.25, 0.3) is 5.69 Å². The van der Waals surface area contributed by atoms with Gasteiger partial charge in [0.1, 0.15) is 5.25 Å². The molecule has 1 aromatic carbocycles. The van der Waals surface area contributed by atoms with E-state index in [0.29, 0.717) is 0 Å². The van der Waals surface area contributed by atoms with Gasteiger partial charge in [-0.1, -0.05) is 19.1 Å². The van der Waals surface area contributed by atoms with Crippen LogP contribution in [0.1, 0.15) is 24.2 Å². The highest BCUT2D eigenvalue weighted by atomic mass is 32.3. The average Bonchev–Trinajstić information content (AvgIpc) is 2.17. The predicted molar refractivity (Wildman–Crippen MR) is 56.2 cm³/mol. The molecular weight excluding hydrogens is 237 g/mol. The van der Waals surface area contributed by atoms with E-state index in [0.717, 1.165) is 6.07 Å². The summed E-state index contributed by atoms with van der Waals surface area (Å²) in [5, 5.41) is 9.14. The van der Waals surface area contributed by atoms with Gasteiger partial charge in [-0.3, -0.25) is 10.1 Å². The first-order chi connectivity index (χ1) is 7.36. The second-order valence-electron chi connectivity index (χ2n) is 3.22. The van der Waals surface area contributed by atoms with Crippen molar-refractivity contribution in [3.63, 3.8) is 0 Å². The van der Waals surface area contributed by atoms with Crippen LogP contribution in [0.4, 0.5) is 9.57 Å². The fourth-order valence-corrected chi connectivity index (χ4v) is 2.31. The summed E-state index contributed by atoms with van der Waals surface area (Å²) in [7, 11) is -4.73. The maximum absolute atomic E-state index is 12.9. The first kappa shape index (κ1) is 12.6. The van der Waals surface area contributed by atoms with Crippen molar-refractivity contribution in [3.05, 3.63) is 39.9 Å². The molecule has 5 nitrogen and oxygen atoms in total. The van der Waals surface area contributed by atoms with Crippen LogP contribution in [0.5, 0.6) is 0 Å². The smallest absolute Gasteiger partial charge is 0.258 e. The number of benzene rings is 1. The quantitative estimate of drug-likeness (QED) is 0.465. The zero-order valence-electron chi connectivity index (χ0n) is 8.46. The number of halogens is 1. The zero-order chi connectivity index (χ0) is 12.3. The van der Waals surface area contributed by atoms with E-state index in [9.17, 15) is 22.4 Å². The third-order valence-electron chi connectivity index (χ3n) is 2.16. The molecule has 16 heavy (non-hydrogen) atoms. The number of nitro benzene ring substituents is 1.